The molecule has 0 radical (unpaired) electrons. The van der Waals surface area contributed by atoms with Crippen LogP contribution in [0.1, 0.15) is 18.1 Å². The molecule has 0 spiro atoms. The smallest absolute Gasteiger partial charge is 0.0540 e. The van der Waals surface area contributed by atoms with Crippen molar-refractivity contribution in [1.29, 1.82) is 0 Å². The minimum Gasteiger partial charge on any atom is -0.309 e. The first-order valence-electron chi connectivity index (χ1n) is 17.3. The molecule has 9 aromatic rings. The van der Waals surface area contributed by atoms with Crippen LogP contribution in [-0.4, -0.2) is 0 Å². The standard InChI is InChI=1S/C49H35N/c1-34(32-41-33-40-14-4-5-17-43(40)47-21-9-8-18-44(41)47)35-24-26-36(27-25-35)37-28-30-42(31-29-37)50(48-22-10-15-38-12-2-6-19-45(38)48)49-23-11-16-39-13-3-7-20-46(39)49/h2-33H,1H3/b34-32-. The normalized spacial score (nSPS) is 11.8. The summed E-state index contributed by atoms with van der Waals surface area (Å²) in [6.07, 6.45) is 2.33. The third-order valence-corrected chi connectivity index (χ3v) is 9.99. The molecule has 0 fully saturated rings. The van der Waals surface area contributed by atoms with Crippen molar-refractivity contribution in [3.05, 3.63) is 199 Å². The zero-order valence-electron chi connectivity index (χ0n) is 27.9. The second kappa shape index (κ2) is 12.5. The number of hydrogen-bond acceptors (Lipinski definition) is 1. The van der Waals surface area contributed by atoms with Crippen LogP contribution in [0.25, 0.3) is 65.9 Å². The van der Waals surface area contributed by atoms with E-state index in [4.69, 9.17) is 0 Å². The molecule has 0 aromatic heterocycles. The van der Waals surface area contributed by atoms with Crippen LogP contribution >= 0.6 is 0 Å². The monoisotopic (exact) mass is 637 g/mol. The number of nitrogens with zero attached hydrogens (tertiary/aromatic N) is 1. The summed E-state index contributed by atoms with van der Waals surface area (Å²) in [4.78, 5) is 2.40. The van der Waals surface area contributed by atoms with Crippen molar-refractivity contribution in [1.82, 2.24) is 0 Å². The van der Waals surface area contributed by atoms with Gasteiger partial charge in [0.1, 0.15) is 0 Å². The molecule has 9 aromatic carbocycles. The first-order valence-corrected chi connectivity index (χ1v) is 17.3. The summed E-state index contributed by atoms with van der Waals surface area (Å²) in [6, 6.07) is 68.1. The van der Waals surface area contributed by atoms with E-state index in [2.05, 4.69) is 206 Å². The first kappa shape index (κ1) is 29.7. The lowest BCUT2D eigenvalue weighted by molar-refractivity contribution is 1.31. The molecule has 0 atom stereocenters. The Morgan fingerprint density at radius 3 is 1.46 bits per heavy atom. The molecular formula is C49H35N. The number of hydrogen-bond donors (Lipinski definition) is 0. The maximum Gasteiger partial charge on any atom is 0.0540 e. The predicted octanol–water partition coefficient (Wildman–Crippen LogP) is 14.0. The molecule has 1 heteroatoms. The molecule has 0 aliphatic rings. The Morgan fingerprint density at radius 2 is 0.860 bits per heavy atom. The van der Waals surface area contributed by atoms with E-state index < -0.39 is 0 Å². The fourth-order valence-corrected chi connectivity index (χ4v) is 7.46. The van der Waals surface area contributed by atoms with Gasteiger partial charge >= 0.3 is 0 Å². The summed E-state index contributed by atoms with van der Waals surface area (Å²) >= 11 is 0. The maximum atomic E-state index is 2.40. The highest BCUT2D eigenvalue weighted by atomic mass is 15.1. The van der Waals surface area contributed by atoms with E-state index in [1.807, 2.05) is 0 Å². The van der Waals surface area contributed by atoms with Crippen molar-refractivity contribution in [3.8, 4) is 11.1 Å². The van der Waals surface area contributed by atoms with Crippen molar-refractivity contribution < 1.29 is 0 Å². The van der Waals surface area contributed by atoms with Gasteiger partial charge in [-0.3, -0.25) is 0 Å². The third-order valence-electron chi connectivity index (χ3n) is 9.99. The van der Waals surface area contributed by atoms with Gasteiger partial charge in [-0.25, -0.2) is 0 Å². The number of fused-ring (bicyclic) bond motifs is 5. The Balaban J connectivity index is 1.07. The highest BCUT2D eigenvalue weighted by Crippen LogP contribution is 2.42. The van der Waals surface area contributed by atoms with Crippen molar-refractivity contribution in [2.24, 2.45) is 0 Å². The SMILES string of the molecule is C/C(=C/c1cc2ccccc2c2ccccc12)c1ccc(-c2ccc(N(c3cccc4ccccc34)c3cccc4ccccc34)cc2)cc1. The Labute approximate surface area is 293 Å². The Hall–Kier alpha value is -6.44. The number of allylic oxidation sites excluding steroid dienone is 1. The van der Waals surface area contributed by atoms with Gasteiger partial charge in [-0.1, -0.05) is 164 Å². The molecule has 0 unspecified atom stereocenters. The minimum atomic E-state index is 1.12. The van der Waals surface area contributed by atoms with Crippen molar-refractivity contribution in [2.45, 2.75) is 6.92 Å². The molecule has 0 aliphatic heterocycles. The lowest BCUT2D eigenvalue weighted by atomic mass is 9.94. The van der Waals surface area contributed by atoms with Crippen molar-refractivity contribution in [3.63, 3.8) is 0 Å². The van der Waals surface area contributed by atoms with Crippen LogP contribution in [0.4, 0.5) is 17.1 Å². The van der Waals surface area contributed by atoms with Crippen LogP contribution < -0.4 is 4.90 Å². The summed E-state index contributed by atoms with van der Waals surface area (Å²) < 4.78 is 0. The second-order valence-corrected chi connectivity index (χ2v) is 13.0. The molecule has 0 N–H and O–H groups in total. The van der Waals surface area contributed by atoms with Crippen LogP contribution in [0.3, 0.4) is 0 Å². The fraction of sp³-hybridized carbons (Fsp3) is 0.0204. The largest absolute Gasteiger partial charge is 0.309 e. The van der Waals surface area contributed by atoms with E-state index in [0.717, 1.165) is 17.1 Å². The maximum absolute atomic E-state index is 2.40. The van der Waals surface area contributed by atoms with Gasteiger partial charge in [-0.15, -0.1) is 0 Å². The molecule has 0 saturated carbocycles. The third kappa shape index (κ3) is 5.30. The Kier molecular flexibility index (Phi) is 7.44. The first-order chi connectivity index (χ1) is 24.7. The average molecular weight is 638 g/mol. The predicted molar refractivity (Wildman–Crippen MR) is 217 cm³/mol. The van der Waals surface area contributed by atoms with Crippen LogP contribution in [0, 0.1) is 0 Å². The Bertz CT molecular complexity index is 2610. The van der Waals surface area contributed by atoms with Gasteiger partial charge < -0.3 is 4.90 Å². The van der Waals surface area contributed by atoms with Gasteiger partial charge in [0, 0.05) is 16.5 Å². The van der Waals surface area contributed by atoms with Crippen LogP contribution in [0.2, 0.25) is 0 Å². The summed E-state index contributed by atoms with van der Waals surface area (Å²) in [5, 5.41) is 10.0. The van der Waals surface area contributed by atoms with Gasteiger partial charge in [0.25, 0.3) is 0 Å². The van der Waals surface area contributed by atoms with E-state index in [-0.39, 0.29) is 0 Å². The van der Waals surface area contributed by atoms with E-state index in [0.29, 0.717) is 0 Å². The lowest BCUT2D eigenvalue weighted by Crippen LogP contribution is -2.11. The van der Waals surface area contributed by atoms with Gasteiger partial charge in [-0.2, -0.15) is 0 Å². The van der Waals surface area contributed by atoms with E-state index in [9.17, 15) is 0 Å². The highest BCUT2D eigenvalue weighted by Gasteiger charge is 2.17. The molecule has 0 saturated heterocycles. The molecule has 9 rings (SSSR count). The van der Waals surface area contributed by atoms with Gasteiger partial charge in [0.15, 0.2) is 0 Å². The van der Waals surface area contributed by atoms with Gasteiger partial charge in [0.05, 0.1) is 11.4 Å². The van der Waals surface area contributed by atoms with Crippen molar-refractivity contribution >= 4 is 71.8 Å². The molecular weight excluding hydrogens is 603 g/mol. The summed E-state index contributed by atoms with van der Waals surface area (Å²) in [6.45, 7) is 2.21. The van der Waals surface area contributed by atoms with E-state index >= 15 is 0 Å². The van der Waals surface area contributed by atoms with Crippen LogP contribution in [0.15, 0.2) is 188 Å². The molecule has 236 valence electrons. The van der Waals surface area contributed by atoms with Gasteiger partial charge in [0.2, 0.25) is 0 Å². The van der Waals surface area contributed by atoms with E-state index in [1.165, 1.54) is 70.9 Å². The number of rotatable bonds is 6. The molecule has 0 aliphatic carbocycles. The summed E-state index contributed by atoms with van der Waals surface area (Å²) in [5.41, 5.74) is 9.56. The Morgan fingerprint density at radius 1 is 0.400 bits per heavy atom. The lowest BCUT2D eigenvalue weighted by Gasteiger charge is -2.28. The molecule has 1 nitrogen and oxygen atoms in total. The van der Waals surface area contributed by atoms with E-state index in [1.54, 1.807) is 0 Å². The topological polar surface area (TPSA) is 3.24 Å². The van der Waals surface area contributed by atoms with Crippen LogP contribution in [0.5, 0.6) is 0 Å². The average Bonchev–Trinajstić information content (AvgIpc) is 3.18. The van der Waals surface area contributed by atoms with Gasteiger partial charge in [-0.05, 0) is 97.4 Å². The fourth-order valence-electron chi connectivity index (χ4n) is 7.46. The molecule has 0 heterocycles. The minimum absolute atomic E-state index is 1.12. The highest BCUT2D eigenvalue weighted by molar-refractivity contribution is 6.12. The zero-order valence-corrected chi connectivity index (χ0v) is 27.9. The quantitative estimate of drug-likeness (QED) is 0.130. The zero-order chi connectivity index (χ0) is 33.4. The molecule has 0 amide bonds. The van der Waals surface area contributed by atoms with Crippen molar-refractivity contribution in [2.75, 3.05) is 4.90 Å². The second-order valence-electron chi connectivity index (χ2n) is 13.0. The van der Waals surface area contributed by atoms with Crippen LogP contribution in [-0.2, 0) is 0 Å². The summed E-state index contributed by atoms with van der Waals surface area (Å²) in [5.74, 6) is 0. The molecule has 50 heavy (non-hydrogen) atoms. The number of benzene rings is 9. The number of anilines is 3. The molecule has 0 bridgehead atoms. The summed E-state index contributed by atoms with van der Waals surface area (Å²) in [7, 11) is 0.